The number of hydrazone groups is 1. The van der Waals surface area contributed by atoms with Crippen molar-refractivity contribution < 1.29 is 0 Å². The molecule has 0 saturated heterocycles. The van der Waals surface area contributed by atoms with Gasteiger partial charge in [0.05, 0.1) is 11.9 Å². The SMILES string of the molecule is C/C(=N\NC1CC1)c1cn[nH]c1. The predicted octanol–water partition coefficient (Wildman–Crippen LogP) is 0.886. The first-order chi connectivity index (χ1) is 5.86. The standard InChI is InChI=1S/C8H12N4/c1-6(7-4-9-10-5-7)11-12-8-2-3-8/h4-5,8,12H,2-3H2,1H3,(H,9,10)/b11-6+. The first-order valence-corrected chi connectivity index (χ1v) is 4.15. The first kappa shape index (κ1) is 7.34. The van der Waals surface area contributed by atoms with Gasteiger partial charge < -0.3 is 5.43 Å². The first-order valence-electron chi connectivity index (χ1n) is 4.15. The highest BCUT2D eigenvalue weighted by Gasteiger charge is 2.20. The number of hydrogen-bond donors (Lipinski definition) is 2. The third kappa shape index (κ3) is 1.64. The van der Waals surface area contributed by atoms with E-state index in [1.807, 2.05) is 13.1 Å². The molecule has 64 valence electrons. The Bertz CT molecular complexity index is 271. The van der Waals surface area contributed by atoms with Crippen molar-refractivity contribution >= 4 is 5.71 Å². The maximum absolute atomic E-state index is 4.24. The second-order valence-corrected chi connectivity index (χ2v) is 3.09. The molecule has 4 nitrogen and oxygen atoms in total. The minimum atomic E-state index is 0.617. The molecule has 1 aliphatic carbocycles. The van der Waals surface area contributed by atoms with Gasteiger partial charge in [-0.15, -0.1) is 0 Å². The van der Waals surface area contributed by atoms with Crippen LogP contribution in [0.15, 0.2) is 17.5 Å². The second-order valence-electron chi connectivity index (χ2n) is 3.09. The molecule has 0 amide bonds. The van der Waals surface area contributed by atoms with Crippen molar-refractivity contribution in [2.45, 2.75) is 25.8 Å². The van der Waals surface area contributed by atoms with Gasteiger partial charge in [-0.05, 0) is 19.8 Å². The van der Waals surface area contributed by atoms with Gasteiger partial charge in [0.2, 0.25) is 0 Å². The Morgan fingerprint density at radius 2 is 2.58 bits per heavy atom. The quantitative estimate of drug-likeness (QED) is 0.515. The van der Waals surface area contributed by atoms with Crippen molar-refractivity contribution in [2.75, 3.05) is 0 Å². The Balaban J connectivity index is 1.98. The zero-order chi connectivity index (χ0) is 8.39. The zero-order valence-electron chi connectivity index (χ0n) is 7.04. The number of nitrogens with zero attached hydrogens (tertiary/aromatic N) is 2. The lowest BCUT2D eigenvalue weighted by atomic mass is 10.2. The van der Waals surface area contributed by atoms with Crippen molar-refractivity contribution in [1.82, 2.24) is 15.6 Å². The molecular formula is C8H12N4. The predicted molar refractivity (Wildman–Crippen MR) is 47.0 cm³/mol. The van der Waals surface area contributed by atoms with Crippen LogP contribution in [-0.2, 0) is 0 Å². The van der Waals surface area contributed by atoms with E-state index in [-0.39, 0.29) is 0 Å². The fraction of sp³-hybridized carbons (Fsp3) is 0.500. The van der Waals surface area contributed by atoms with Gasteiger partial charge >= 0.3 is 0 Å². The van der Waals surface area contributed by atoms with E-state index in [1.165, 1.54) is 12.8 Å². The van der Waals surface area contributed by atoms with E-state index in [1.54, 1.807) is 6.20 Å². The van der Waals surface area contributed by atoms with Crippen LogP contribution in [0, 0.1) is 0 Å². The van der Waals surface area contributed by atoms with Crippen LogP contribution < -0.4 is 5.43 Å². The fourth-order valence-corrected chi connectivity index (χ4v) is 0.914. The Morgan fingerprint density at radius 1 is 1.75 bits per heavy atom. The summed E-state index contributed by atoms with van der Waals surface area (Å²) in [5.74, 6) is 0. The Morgan fingerprint density at radius 3 is 3.17 bits per heavy atom. The van der Waals surface area contributed by atoms with E-state index in [2.05, 4.69) is 20.7 Å². The van der Waals surface area contributed by atoms with Crippen molar-refractivity contribution in [2.24, 2.45) is 5.10 Å². The molecule has 4 heteroatoms. The van der Waals surface area contributed by atoms with Crippen LogP contribution in [0.1, 0.15) is 25.3 Å². The number of rotatable bonds is 3. The lowest BCUT2D eigenvalue weighted by Gasteiger charge is -1.97. The van der Waals surface area contributed by atoms with E-state index in [9.17, 15) is 0 Å². The Kier molecular flexibility index (Phi) is 1.81. The molecule has 0 spiro atoms. The van der Waals surface area contributed by atoms with Crippen LogP contribution in [-0.4, -0.2) is 22.0 Å². The van der Waals surface area contributed by atoms with Gasteiger partial charge in [-0.3, -0.25) is 5.10 Å². The van der Waals surface area contributed by atoms with Crippen LogP contribution in [0.4, 0.5) is 0 Å². The average Bonchev–Trinajstić information content (AvgIpc) is 2.74. The molecule has 0 unspecified atom stereocenters. The fourth-order valence-electron chi connectivity index (χ4n) is 0.914. The number of aromatic amines is 1. The molecular weight excluding hydrogens is 152 g/mol. The average molecular weight is 164 g/mol. The summed E-state index contributed by atoms with van der Waals surface area (Å²) in [5.41, 5.74) is 5.12. The Hall–Kier alpha value is -1.32. The summed E-state index contributed by atoms with van der Waals surface area (Å²) in [6, 6.07) is 0.617. The summed E-state index contributed by atoms with van der Waals surface area (Å²) in [6.07, 6.45) is 6.12. The van der Waals surface area contributed by atoms with Gasteiger partial charge in [0, 0.05) is 17.8 Å². The zero-order valence-corrected chi connectivity index (χ0v) is 7.04. The number of hydrogen-bond acceptors (Lipinski definition) is 3. The number of aromatic nitrogens is 2. The molecule has 2 rings (SSSR count). The third-order valence-electron chi connectivity index (χ3n) is 1.91. The third-order valence-corrected chi connectivity index (χ3v) is 1.91. The van der Waals surface area contributed by atoms with Crippen molar-refractivity contribution in [3.8, 4) is 0 Å². The van der Waals surface area contributed by atoms with E-state index in [0.29, 0.717) is 6.04 Å². The normalized spacial score (nSPS) is 17.9. The van der Waals surface area contributed by atoms with Crippen molar-refractivity contribution in [3.05, 3.63) is 18.0 Å². The highest BCUT2D eigenvalue weighted by atomic mass is 15.3. The smallest absolute Gasteiger partial charge is 0.0675 e. The molecule has 1 aliphatic rings. The molecule has 0 atom stereocenters. The van der Waals surface area contributed by atoms with Crippen LogP contribution >= 0.6 is 0 Å². The molecule has 1 saturated carbocycles. The van der Waals surface area contributed by atoms with Crippen LogP contribution in [0.3, 0.4) is 0 Å². The summed E-state index contributed by atoms with van der Waals surface area (Å²) in [4.78, 5) is 0. The molecule has 0 radical (unpaired) electrons. The van der Waals surface area contributed by atoms with E-state index < -0.39 is 0 Å². The van der Waals surface area contributed by atoms with Crippen molar-refractivity contribution in [1.29, 1.82) is 0 Å². The topological polar surface area (TPSA) is 53.1 Å². The summed E-state index contributed by atoms with van der Waals surface area (Å²) < 4.78 is 0. The van der Waals surface area contributed by atoms with Gasteiger partial charge in [-0.1, -0.05) is 0 Å². The monoisotopic (exact) mass is 164 g/mol. The van der Waals surface area contributed by atoms with E-state index in [4.69, 9.17) is 0 Å². The van der Waals surface area contributed by atoms with E-state index in [0.717, 1.165) is 11.3 Å². The molecule has 0 aromatic carbocycles. The number of H-pyrrole nitrogens is 1. The summed E-state index contributed by atoms with van der Waals surface area (Å²) >= 11 is 0. The second kappa shape index (κ2) is 2.97. The van der Waals surface area contributed by atoms with Gasteiger partial charge in [-0.2, -0.15) is 10.2 Å². The molecule has 12 heavy (non-hydrogen) atoms. The summed E-state index contributed by atoms with van der Waals surface area (Å²) in [6.45, 7) is 1.97. The molecule has 1 aromatic rings. The van der Waals surface area contributed by atoms with Gasteiger partial charge in [0.15, 0.2) is 0 Å². The summed E-state index contributed by atoms with van der Waals surface area (Å²) in [7, 11) is 0. The van der Waals surface area contributed by atoms with Crippen LogP contribution in [0.2, 0.25) is 0 Å². The highest BCUT2D eigenvalue weighted by Crippen LogP contribution is 2.18. The van der Waals surface area contributed by atoms with Crippen LogP contribution in [0.25, 0.3) is 0 Å². The lowest BCUT2D eigenvalue weighted by molar-refractivity contribution is 0.737. The molecule has 1 aromatic heterocycles. The van der Waals surface area contributed by atoms with Gasteiger partial charge in [0.25, 0.3) is 0 Å². The molecule has 1 heterocycles. The molecule has 0 aliphatic heterocycles. The summed E-state index contributed by atoms with van der Waals surface area (Å²) in [5, 5.41) is 10.8. The van der Waals surface area contributed by atoms with Crippen molar-refractivity contribution in [3.63, 3.8) is 0 Å². The maximum Gasteiger partial charge on any atom is 0.0675 e. The minimum Gasteiger partial charge on any atom is -0.307 e. The molecule has 1 fully saturated rings. The van der Waals surface area contributed by atoms with Crippen LogP contribution in [0.5, 0.6) is 0 Å². The largest absolute Gasteiger partial charge is 0.307 e. The Labute approximate surface area is 71.1 Å². The molecule has 0 bridgehead atoms. The highest BCUT2D eigenvalue weighted by molar-refractivity contribution is 5.98. The number of nitrogens with one attached hydrogen (secondary N) is 2. The van der Waals surface area contributed by atoms with E-state index >= 15 is 0 Å². The molecule has 2 N–H and O–H groups in total. The minimum absolute atomic E-state index is 0.617. The maximum atomic E-state index is 4.24. The van der Waals surface area contributed by atoms with Gasteiger partial charge in [0.1, 0.15) is 0 Å². The lowest BCUT2D eigenvalue weighted by Crippen LogP contribution is -2.10. The van der Waals surface area contributed by atoms with Gasteiger partial charge in [-0.25, -0.2) is 0 Å².